The topological polar surface area (TPSA) is 30.0 Å². The average Bonchev–Trinajstić information content (AvgIpc) is 2.12. The van der Waals surface area contributed by atoms with Gasteiger partial charge in [0.25, 0.3) is 0 Å². The van der Waals surface area contributed by atoms with Crippen LogP contribution in [-0.2, 0) is 6.42 Å². The third-order valence-corrected chi connectivity index (χ3v) is 3.17. The predicted octanol–water partition coefficient (Wildman–Crippen LogP) is 2.28. The lowest BCUT2D eigenvalue weighted by Gasteiger charge is -2.17. The smallest absolute Gasteiger partial charge is 0.178 e. The Bertz CT molecular complexity index is 362. The zero-order valence-electron chi connectivity index (χ0n) is 7.38. The van der Waals surface area contributed by atoms with Crippen LogP contribution in [0.25, 0.3) is 0 Å². The van der Waals surface area contributed by atoms with Crippen molar-refractivity contribution in [3.8, 4) is 0 Å². The van der Waals surface area contributed by atoms with Gasteiger partial charge >= 0.3 is 0 Å². The Morgan fingerprint density at radius 2 is 2.31 bits per heavy atom. The largest absolute Gasteiger partial charge is 0.293 e. The minimum Gasteiger partial charge on any atom is -0.293 e. The maximum absolute atomic E-state index is 11.6. The minimum atomic E-state index is -0.00972. The van der Waals surface area contributed by atoms with Crippen LogP contribution >= 0.6 is 15.9 Å². The highest BCUT2D eigenvalue weighted by molar-refractivity contribution is 9.10. The number of aryl methyl sites for hydroxylation is 2. The van der Waals surface area contributed by atoms with Crippen molar-refractivity contribution in [2.75, 3.05) is 0 Å². The van der Waals surface area contributed by atoms with E-state index in [4.69, 9.17) is 0 Å². The summed E-state index contributed by atoms with van der Waals surface area (Å²) >= 11 is 3.36. The quantitative estimate of drug-likeness (QED) is 0.651. The Labute approximate surface area is 85.5 Å². The van der Waals surface area contributed by atoms with Crippen molar-refractivity contribution >= 4 is 21.7 Å². The Kier molecular flexibility index (Phi) is 2.20. The molecule has 1 aromatic rings. The fraction of sp³-hybridized carbons (Fsp3) is 0.400. The number of Topliss-reactive ketones (excluding diaryl/α,β-unsaturated/α-hetero) is 1. The third-order valence-electron chi connectivity index (χ3n) is 2.30. The van der Waals surface area contributed by atoms with Gasteiger partial charge in [-0.3, -0.25) is 9.78 Å². The van der Waals surface area contributed by atoms with E-state index in [2.05, 4.69) is 20.9 Å². The third kappa shape index (κ3) is 1.53. The van der Waals surface area contributed by atoms with E-state index in [0.717, 1.165) is 29.8 Å². The summed E-state index contributed by atoms with van der Waals surface area (Å²) in [6.07, 6.45) is 1.76. The second-order valence-electron chi connectivity index (χ2n) is 3.32. The fourth-order valence-corrected chi connectivity index (χ4v) is 2.06. The molecule has 0 N–H and O–H groups in total. The number of aromatic nitrogens is 1. The first-order chi connectivity index (χ1) is 6.18. The average molecular weight is 240 g/mol. The van der Waals surface area contributed by atoms with Gasteiger partial charge in [0.05, 0.1) is 10.5 Å². The number of hydrogen-bond acceptors (Lipinski definition) is 2. The van der Waals surface area contributed by atoms with E-state index in [1.807, 2.05) is 19.1 Å². The molecular formula is C10H10BrNO. The van der Waals surface area contributed by atoms with Crippen LogP contribution in [0.5, 0.6) is 0 Å². The second kappa shape index (κ2) is 3.22. The number of ketones is 1. The summed E-state index contributed by atoms with van der Waals surface area (Å²) in [5.41, 5.74) is 2.74. The van der Waals surface area contributed by atoms with E-state index < -0.39 is 0 Å². The number of hydrogen-bond donors (Lipinski definition) is 0. The monoisotopic (exact) mass is 239 g/mol. The highest BCUT2D eigenvalue weighted by Crippen LogP contribution is 2.24. The van der Waals surface area contributed by atoms with Gasteiger partial charge in [0.1, 0.15) is 0 Å². The number of carbonyl (C=O) groups is 1. The van der Waals surface area contributed by atoms with Gasteiger partial charge in [0, 0.05) is 11.3 Å². The van der Waals surface area contributed by atoms with Crippen LogP contribution in [0.1, 0.15) is 28.2 Å². The van der Waals surface area contributed by atoms with Gasteiger partial charge in [-0.1, -0.05) is 15.9 Å². The Morgan fingerprint density at radius 3 is 3.08 bits per heavy atom. The number of rotatable bonds is 0. The number of fused-ring (bicyclic) bond motifs is 1. The lowest BCUT2D eigenvalue weighted by Crippen LogP contribution is -2.23. The van der Waals surface area contributed by atoms with E-state index in [-0.39, 0.29) is 10.6 Å². The number of alkyl halides is 1. The van der Waals surface area contributed by atoms with Crippen molar-refractivity contribution in [1.29, 1.82) is 0 Å². The summed E-state index contributed by atoms with van der Waals surface area (Å²) < 4.78 is 0. The van der Waals surface area contributed by atoms with Crippen LogP contribution in [0.15, 0.2) is 12.1 Å². The highest BCUT2D eigenvalue weighted by atomic mass is 79.9. The molecule has 1 aromatic heterocycles. The van der Waals surface area contributed by atoms with Crippen LogP contribution in [0.4, 0.5) is 0 Å². The Hall–Kier alpha value is -0.700. The van der Waals surface area contributed by atoms with Crippen LogP contribution in [0.3, 0.4) is 0 Å². The van der Waals surface area contributed by atoms with Crippen LogP contribution < -0.4 is 0 Å². The Morgan fingerprint density at radius 1 is 1.54 bits per heavy atom. The molecule has 2 nitrogen and oxygen atoms in total. The van der Waals surface area contributed by atoms with E-state index in [0.29, 0.717) is 0 Å². The predicted molar refractivity (Wildman–Crippen MR) is 54.3 cm³/mol. The SMILES string of the molecule is Cc1ccc2c(n1)CCC(Br)C2=O. The molecule has 0 radical (unpaired) electrons. The van der Waals surface area contributed by atoms with Gasteiger partial charge in [-0.05, 0) is 31.9 Å². The zero-order chi connectivity index (χ0) is 9.42. The lowest BCUT2D eigenvalue weighted by molar-refractivity contribution is 0.0980. The summed E-state index contributed by atoms with van der Waals surface area (Å²) in [6.45, 7) is 1.95. The van der Waals surface area contributed by atoms with Crippen LogP contribution in [0, 0.1) is 6.92 Å². The van der Waals surface area contributed by atoms with E-state index in [9.17, 15) is 4.79 Å². The zero-order valence-corrected chi connectivity index (χ0v) is 8.97. The Balaban J connectivity index is 2.50. The van der Waals surface area contributed by atoms with Gasteiger partial charge in [-0.15, -0.1) is 0 Å². The molecule has 0 aromatic carbocycles. The van der Waals surface area contributed by atoms with Gasteiger partial charge in [-0.2, -0.15) is 0 Å². The van der Waals surface area contributed by atoms with Gasteiger partial charge < -0.3 is 0 Å². The first-order valence-electron chi connectivity index (χ1n) is 4.33. The van der Waals surface area contributed by atoms with Crippen molar-refractivity contribution < 1.29 is 4.79 Å². The molecule has 1 atom stereocenters. The number of carbonyl (C=O) groups excluding carboxylic acids is 1. The van der Waals surface area contributed by atoms with Crippen molar-refractivity contribution in [1.82, 2.24) is 4.98 Å². The number of pyridine rings is 1. The molecule has 0 saturated heterocycles. The molecule has 0 saturated carbocycles. The normalized spacial score (nSPS) is 21.4. The minimum absolute atomic E-state index is 0.00972. The molecule has 1 unspecified atom stereocenters. The van der Waals surface area contributed by atoms with E-state index in [1.165, 1.54) is 0 Å². The molecule has 2 rings (SSSR count). The molecule has 13 heavy (non-hydrogen) atoms. The fourth-order valence-electron chi connectivity index (χ4n) is 1.59. The van der Waals surface area contributed by atoms with Crippen LogP contribution in [-0.4, -0.2) is 15.6 Å². The first kappa shape index (κ1) is 8.88. The van der Waals surface area contributed by atoms with Gasteiger partial charge in [0.2, 0.25) is 0 Å². The highest BCUT2D eigenvalue weighted by Gasteiger charge is 2.25. The summed E-state index contributed by atoms with van der Waals surface area (Å²) in [4.78, 5) is 16.0. The summed E-state index contributed by atoms with van der Waals surface area (Å²) in [7, 11) is 0. The molecule has 1 aliphatic carbocycles. The van der Waals surface area contributed by atoms with Crippen molar-refractivity contribution in [3.63, 3.8) is 0 Å². The molecule has 0 spiro atoms. The van der Waals surface area contributed by atoms with Crippen molar-refractivity contribution in [3.05, 3.63) is 29.1 Å². The lowest BCUT2D eigenvalue weighted by atomic mass is 9.94. The molecular weight excluding hydrogens is 230 g/mol. The molecule has 0 aliphatic heterocycles. The summed E-state index contributed by atoms with van der Waals surface area (Å²) in [5, 5.41) is 0. The molecule has 0 amide bonds. The molecule has 68 valence electrons. The first-order valence-corrected chi connectivity index (χ1v) is 5.25. The standard InChI is InChI=1S/C10H10BrNO/c1-6-2-3-7-9(12-6)5-4-8(11)10(7)13/h2-3,8H,4-5H2,1H3. The van der Waals surface area contributed by atoms with E-state index >= 15 is 0 Å². The van der Waals surface area contributed by atoms with Gasteiger partial charge in [-0.25, -0.2) is 0 Å². The molecule has 1 aliphatic rings. The maximum Gasteiger partial charge on any atom is 0.178 e. The summed E-state index contributed by atoms with van der Waals surface area (Å²) in [6, 6.07) is 3.77. The number of halogens is 1. The second-order valence-corrected chi connectivity index (χ2v) is 4.42. The van der Waals surface area contributed by atoms with Crippen molar-refractivity contribution in [2.24, 2.45) is 0 Å². The summed E-state index contributed by atoms with van der Waals surface area (Å²) in [5.74, 6) is 0.175. The van der Waals surface area contributed by atoms with Crippen LogP contribution in [0.2, 0.25) is 0 Å². The van der Waals surface area contributed by atoms with E-state index in [1.54, 1.807) is 0 Å². The molecule has 0 bridgehead atoms. The molecule has 3 heteroatoms. The number of nitrogens with zero attached hydrogens (tertiary/aromatic N) is 1. The molecule has 0 fully saturated rings. The van der Waals surface area contributed by atoms with Gasteiger partial charge in [0.15, 0.2) is 5.78 Å². The van der Waals surface area contributed by atoms with Crippen molar-refractivity contribution in [2.45, 2.75) is 24.6 Å². The maximum atomic E-state index is 11.6. The molecule has 1 heterocycles.